The van der Waals surface area contributed by atoms with Gasteiger partial charge in [0.15, 0.2) is 5.12 Å². The first-order valence-corrected chi connectivity index (χ1v) is 12.0. The van der Waals surface area contributed by atoms with Gasteiger partial charge in [-0.05, 0) is 0 Å². The number of amides is 2. The predicted octanol–water partition coefficient (Wildman–Crippen LogP) is 0.112. The zero-order valence-corrected chi connectivity index (χ0v) is 21.5. The molecular formula is C22H34N2O10S. The molecule has 0 spiro atoms. The van der Waals surface area contributed by atoms with Crippen LogP contribution in [0.4, 0.5) is 0 Å². The summed E-state index contributed by atoms with van der Waals surface area (Å²) in [4.78, 5) is 71.0. The Bertz CT molecular complexity index is 816. The van der Waals surface area contributed by atoms with Crippen LogP contribution in [-0.4, -0.2) is 86.2 Å². The Hall–Kier alpha value is -2.51. The first-order chi connectivity index (χ1) is 16.3. The molecule has 0 saturated carbocycles. The van der Waals surface area contributed by atoms with Crippen molar-refractivity contribution in [1.82, 2.24) is 10.6 Å². The highest BCUT2D eigenvalue weighted by atomic mass is 32.2. The number of carbonyl (C=O) groups is 6. The van der Waals surface area contributed by atoms with Gasteiger partial charge in [0.2, 0.25) is 11.8 Å². The lowest BCUT2D eigenvalue weighted by atomic mass is 9.85. The first kappa shape index (κ1) is 30.5. The summed E-state index contributed by atoms with van der Waals surface area (Å²) < 4.78 is 20.2. The molecular weight excluding hydrogens is 484 g/mol. The number of hydrogen-bond acceptors (Lipinski definition) is 11. The highest BCUT2D eigenvalue weighted by Crippen LogP contribution is 2.35. The second-order valence-corrected chi connectivity index (χ2v) is 9.77. The molecule has 35 heavy (non-hydrogen) atoms. The van der Waals surface area contributed by atoms with E-state index in [1.165, 1.54) is 21.1 Å². The maximum absolute atomic E-state index is 12.6. The molecule has 0 aromatic rings. The zero-order chi connectivity index (χ0) is 26.6. The Labute approximate surface area is 208 Å². The number of ether oxygens (including phenoxy) is 4. The minimum Gasteiger partial charge on any atom is -0.469 e. The number of esters is 2. The van der Waals surface area contributed by atoms with Crippen molar-refractivity contribution in [1.29, 1.82) is 0 Å². The monoisotopic (exact) mass is 518 g/mol. The van der Waals surface area contributed by atoms with Crippen LogP contribution in [0.2, 0.25) is 0 Å². The van der Waals surface area contributed by atoms with Crippen molar-refractivity contribution in [2.45, 2.75) is 58.3 Å². The lowest BCUT2D eigenvalue weighted by Crippen LogP contribution is -2.60. The topological polar surface area (TPSA) is 163 Å². The minimum absolute atomic E-state index is 0.00567. The third-order valence-corrected chi connectivity index (χ3v) is 5.96. The average Bonchev–Trinajstić information content (AvgIpc) is 2.81. The van der Waals surface area contributed by atoms with Gasteiger partial charge < -0.3 is 29.6 Å². The minimum atomic E-state index is -1.70. The Morgan fingerprint density at radius 3 is 2.26 bits per heavy atom. The molecule has 1 saturated heterocycles. The van der Waals surface area contributed by atoms with Gasteiger partial charge in [-0.3, -0.25) is 24.0 Å². The summed E-state index contributed by atoms with van der Waals surface area (Å²) in [5, 5.41) is 4.90. The standard InChI is InChI=1S/C22H34N2O10S/c1-21(2)13-33-22(3,20(30)32-5)34-18(21)19(29)24-9-8-15(26)23-10-11-35-17(28)12-14(25)6-7-16(27)31-4/h18H,6-13H2,1-5H3,(H,23,26)(H,24,29)/t18-,22?/m0/s1. The van der Waals surface area contributed by atoms with E-state index in [0.29, 0.717) is 0 Å². The largest absolute Gasteiger partial charge is 0.469 e. The number of rotatable bonds is 13. The lowest BCUT2D eigenvalue weighted by Gasteiger charge is -2.44. The molecule has 13 heteroatoms. The second kappa shape index (κ2) is 14.1. The number of ketones is 1. The quantitative estimate of drug-likeness (QED) is 0.193. The van der Waals surface area contributed by atoms with Crippen molar-refractivity contribution in [2.24, 2.45) is 5.41 Å². The average molecular weight is 519 g/mol. The van der Waals surface area contributed by atoms with Crippen molar-refractivity contribution in [2.75, 3.05) is 39.7 Å². The van der Waals surface area contributed by atoms with Gasteiger partial charge in [-0.25, -0.2) is 4.79 Å². The summed E-state index contributed by atoms with van der Waals surface area (Å²) in [6.07, 6.45) is -1.42. The van der Waals surface area contributed by atoms with Crippen LogP contribution >= 0.6 is 11.8 Å². The van der Waals surface area contributed by atoms with Crippen LogP contribution in [0.3, 0.4) is 0 Å². The zero-order valence-electron chi connectivity index (χ0n) is 20.7. The summed E-state index contributed by atoms with van der Waals surface area (Å²) in [6.45, 7) is 5.22. The van der Waals surface area contributed by atoms with Gasteiger partial charge in [0.25, 0.3) is 5.79 Å². The molecule has 198 valence electrons. The molecule has 2 amide bonds. The fraction of sp³-hybridized carbons (Fsp3) is 0.727. The van der Waals surface area contributed by atoms with E-state index in [-0.39, 0.29) is 67.9 Å². The van der Waals surface area contributed by atoms with E-state index in [4.69, 9.17) is 9.47 Å². The van der Waals surface area contributed by atoms with Crippen molar-refractivity contribution in [3.63, 3.8) is 0 Å². The molecule has 0 aromatic carbocycles. The highest BCUT2D eigenvalue weighted by molar-refractivity contribution is 8.13. The molecule has 1 unspecified atom stereocenters. The van der Waals surface area contributed by atoms with Crippen molar-refractivity contribution in [3.8, 4) is 0 Å². The van der Waals surface area contributed by atoms with Gasteiger partial charge in [0, 0.05) is 44.0 Å². The fourth-order valence-electron chi connectivity index (χ4n) is 3.00. The lowest BCUT2D eigenvalue weighted by molar-refractivity contribution is -0.305. The van der Waals surface area contributed by atoms with E-state index in [1.54, 1.807) is 13.8 Å². The van der Waals surface area contributed by atoms with Crippen molar-refractivity contribution in [3.05, 3.63) is 0 Å². The number of Topliss-reactive ketones (excluding diaryl/α,β-unsaturated/α-hetero) is 1. The normalized spacial score (nSPS) is 20.9. The third kappa shape index (κ3) is 10.3. The number of methoxy groups -OCH3 is 2. The number of nitrogens with one attached hydrogen (secondary N) is 2. The van der Waals surface area contributed by atoms with E-state index in [2.05, 4.69) is 20.1 Å². The number of carbonyl (C=O) groups excluding carboxylic acids is 6. The maximum Gasteiger partial charge on any atom is 0.366 e. The molecule has 1 fully saturated rings. The van der Waals surface area contributed by atoms with Crippen molar-refractivity contribution >= 4 is 46.4 Å². The van der Waals surface area contributed by atoms with Crippen LogP contribution in [0.15, 0.2) is 0 Å². The molecule has 1 heterocycles. The maximum atomic E-state index is 12.6. The van der Waals surface area contributed by atoms with Crippen LogP contribution in [-0.2, 0) is 47.7 Å². The predicted molar refractivity (Wildman–Crippen MR) is 124 cm³/mol. The van der Waals surface area contributed by atoms with E-state index >= 15 is 0 Å². The molecule has 0 aromatic heterocycles. The first-order valence-electron chi connectivity index (χ1n) is 11.0. The number of thioether (sulfide) groups is 1. The molecule has 0 bridgehead atoms. The van der Waals surface area contributed by atoms with Crippen LogP contribution in [0.25, 0.3) is 0 Å². The third-order valence-electron chi connectivity index (χ3n) is 5.08. The highest BCUT2D eigenvalue weighted by Gasteiger charge is 2.52. The Morgan fingerprint density at radius 2 is 1.63 bits per heavy atom. The van der Waals surface area contributed by atoms with Gasteiger partial charge in [-0.2, -0.15) is 0 Å². The Kier molecular flexibility index (Phi) is 12.3. The van der Waals surface area contributed by atoms with E-state index in [1.807, 2.05) is 0 Å². The van der Waals surface area contributed by atoms with Gasteiger partial charge in [-0.15, -0.1) is 0 Å². The van der Waals surface area contributed by atoms with Gasteiger partial charge >= 0.3 is 11.9 Å². The van der Waals surface area contributed by atoms with Crippen LogP contribution in [0.1, 0.15) is 46.5 Å². The summed E-state index contributed by atoms with van der Waals surface area (Å²) in [6, 6.07) is 0. The van der Waals surface area contributed by atoms with E-state index < -0.39 is 35.2 Å². The molecule has 1 aliphatic rings. The fourth-order valence-corrected chi connectivity index (χ4v) is 3.69. The van der Waals surface area contributed by atoms with E-state index in [9.17, 15) is 28.8 Å². The number of hydrogen-bond donors (Lipinski definition) is 2. The van der Waals surface area contributed by atoms with Crippen LogP contribution < -0.4 is 10.6 Å². The van der Waals surface area contributed by atoms with E-state index in [0.717, 1.165) is 11.8 Å². The summed E-state index contributed by atoms with van der Waals surface area (Å²) >= 11 is 0.911. The molecule has 2 atom stereocenters. The molecule has 12 nitrogen and oxygen atoms in total. The molecule has 1 rings (SSSR count). The summed E-state index contributed by atoms with van der Waals surface area (Å²) in [5.74, 6) is -3.87. The Balaban J connectivity index is 2.31. The molecule has 1 aliphatic heterocycles. The second-order valence-electron chi connectivity index (χ2n) is 8.62. The van der Waals surface area contributed by atoms with Crippen molar-refractivity contribution < 1.29 is 47.7 Å². The smallest absolute Gasteiger partial charge is 0.366 e. The molecule has 2 N–H and O–H groups in total. The molecule has 0 radical (unpaired) electrons. The van der Waals surface area contributed by atoms with Gasteiger partial charge in [0.05, 0.1) is 33.7 Å². The van der Waals surface area contributed by atoms with Crippen LogP contribution in [0.5, 0.6) is 0 Å². The van der Waals surface area contributed by atoms with Gasteiger partial charge in [0.1, 0.15) is 11.9 Å². The summed E-state index contributed by atoms with van der Waals surface area (Å²) in [5.41, 5.74) is -0.718. The van der Waals surface area contributed by atoms with Gasteiger partial charge in [-0.1, -0.05) is 25.6 Å². The molecule has 0 aliphatic carbocycles. The SMILES string of the molecule is COC(=O)CCC(=O)CC(=O)SCCNC(=O)CCNC(=O)[C@@H]1OC(C)(C(=O)OC)OCC1(C)C. The summed E-state index contributed by atoms with van der Waals surface area (Å²) in [7, 11) is 2.41. The Morgan fingerprint density at radius 1 is 0.943 bits per heavy atom. The van der Waals surface area contributed by atoms with Crippen LogP contribution in [0, 0.1) is 5.41 Å².